The van der Waals surface area contributed by atoms with E-state index in [-0.39, 0.29) is 5.91 Å². The van der Waals surface area contributed by atoms with Gasteiger partial charge >= 0.3 is 0 Å². The molecule has 1 unspecified atom stereocenters. The summed E-state index contributed by atoms with van der Waals surface area (Å²) in [4.78, 5) is 11.5. The first-order valence-corrected chi connectivity index (χ1v) is 7.39. The average Bonchev–Trinajstić information content (AvgIpc) is 3.01. The molecule has 0 radical (unpaired) electrons. The molecule has 1 aliphatic carbocycles. The molecule has 94 valence electrons. The Morgan fingerprint density at radius 2 is 2.19 bits per heavy atom. The first kappa shape index (κ1) is 13.8. The van der Waals surface area contributed by atoms with Crippen molar-refractivity contribution in [3.05, 3.63) is 0 Å². The number of carbonyl (C=O) groups excluding carboxylic acids is 1. The van der Waals surface area contributed by atoms with Crippen molar-refractivity contribution in [1.29, 1.82) is 0 Å². The maximum Gasteiger partial charge on any atom is 0.237 e. The van der Waals surface area contributed by atoms with Crippen molar-refractivity contribution in [2.45, 2.75) is 57.5 Å². The summed E-state index contributed by atoms with van der Waals surface area (Å²) < 4.78 is 0. The van der Waals surface area contributed by atoms with Gasteiger partial charge in [0.25, 0.3) is 0 Å². The zero-order valence-electron chi connectivity index (χ0n) is 10.4. The summed E-state index contributed by atoms with van der Waals surface area (Å²) in [6, 6.07) is 0.530. The Morgan fingerprint density at radius 3 is 2.69 bits per heavy atom. The number of primary amides is 1. The van der Waals surface area contributed by atoms with Crippen molar-refractivity contribution >= 4 is 17.7 Å². The first-order valence-electron chi connectivity index (χ1n) is 6.24. The maximum atomic E-state index is 11.5. The number of hydrogen-bond acceptors (Lipinski definition) is 3. The lowest BCUT2D eigenvalue weighted by Gasteiger charge is -2.27. The van der Waals surface area contributed by atoms with Crippen LogP contribution < -0.4 is 11.1 Å². The number of amides is 1. The molecule has 0 saturated heterocycles. The van der Waals surface area contributed by atoms with Crippen LogP contribution in [0.3, 0.4) is 0 Å². The van der Waals surface area contributed by atoms with Gasteiger partial charge in [-0.15, -0.1) is 0 Å². The van der Waals surface area contributed by atoms with Gasteiger partial charge in [-0.25, -0.2) is 0 Å². The second kappa shape index (κ2) is 6.50. The zero-order chi connectivity index (χ0) is 12.0. The van der Waals surface area contributed by atoms with E-state index in [1.54, 1.807) is 0 Å². The lowest BCUT2D eigenvalue weighted by molar-refractivity contribution is -0.124. The van der Waals surface area contributed by atoms with Crippen LogP contribution in [-0.4, -0.2) is 29.0 Å². The van der Waals surface area contributed by atoms with Crippen molar-refractivity contribution < 1.29 is 4.79 Å². The van der Waals surface area contributed by atoms with E-state index in [1.807, 2.05) is 18.7 Å². The molecule has 0 spiro atoms. The van der Waals surface area contributed by atoms with Gasteiger partial charge in [-0.1, -0.05) is 13.3 Å². The SMILES string of the molecule is CCSCCCCC(C)(NC1CC1)C(N)=O. The Kier molecular flexibility index (Phi) is 5.62. The smallest absolute Gasteiger partial charge is 0.237 e. The van der Waals surface area contributed by atoms with Gasteiger partial charge < -0.3 is 11.1 Å². The summed E-state index contributed by atoms with van der Waals surface area (Å²) in [5.74, 6) is 2.16. The Bertz CT molecular complexity index is 231. The molecular formula is C12H24N2OS. The molecule has 1 rings (SSSR count). The van der Waals surface area contributed by atoms with Crippen LogP contribution in [0.15, 0.2) is 0 Å². The van der Waals surface area contributed by atoms with E-state index in [4.69, 9.17) is 5.73 Å². The van der Waals surface area contributed by atoms with Gasteiger partial charge in [-0.3, -0.25) is 4.79 Å². The fourth-order valence-corrected chi connectivity index (χ4v) is 2.47. The molecule has 0 aromatic carbocycles. The minimum absolute atomic E-state index is 0.206. The van der Waals surface area contributed by atoms with Crippen LogP contribution in [0.25, 0.3) is 0 Å². The monoisotopic (exact) mass is 244 g/mol. The van der Waals surface area contributed by atoms with Gasteiger partial charge in [-0.05, 0) is 44.1 Å². The molecule has 4 heteroatoms. The van der Waals surface area contributed by atoms with Crippen LogP contribution in [0, 0.1) is 0 Å². The van der Waals surface area contributed by atoms with E-state index in [1.165, 1.54) is 30.8 Å². The summed E-state index contributed by atoms with van der Waals surface area (Å²) in [5.41, 5.74) is 4.99. The topological polar surface area (TPSA) is 55.1 Å². The van der Waals surface area contributed by atoms with Crippen LogP contribution >= 0.6 is 11.8 Å². The second-order valence-corrected chi connectivity index (χ2v) is 6.16. The molecule has 1 saturated carbocycles. The highest BCUT2D eigenvalue weighted by Gasteiger charge is 2.36. The van der Waals surface area contributed by atoms with Gasteiger partial charge in [0.05, 0.1) is 5.54 Å². The largest absolute Gasteiger partial charge is 0.368 e. The number of nitrogens with two attached hydrogens (primary N) is 1. The third kappa shape index (κ3) is 4.74. The van der Waals surface area contributed by atoms with Gasteiger partial charge in [0.2, 0.25) is 5.91 Å². The van der Waals surface area contributed by atoms with Crippen molar-refractivity contribution in [2.24, 2.45) is 5.73 Å². The lowest BCUT2D eigenvalue weighted by Crippen LogP contribution is -2.53. The van der Waals surface area contributed by atoms with Crippen molar-refractivity contribution in [3.8, 4) is 0 Å². The number of rotatable bonds is 9. The first-order chi connectivity index (χ1) is 7.58. The fraction of sp³-hybridized carbons (Fsp3) is 0.917. The highest BCUT2D eigenvalue weighted by Crippen LogP contribution is 2.25. The van der Waals surface area contributed by atoms with Crippen LogP contribution in [0.2, 0.25) is 0 Å². The molecule has 16 heavy (non-hydrogen) atoms. The van der Waals surface area contributed by atoms with E-state index in [0.29, 0.717) is 6.04 Å². The van der Waals surface area contributed by atoms with E-state index in [2.05, 4.69) is 12.2 Å². The van der Waals surface area contributed by atoms with Crippen LogP contribution in [0.1, 0.15) is 46.0 Å². The summed E-state index contributed by atoms with van der Waals surface area (Å²) in [7, 11) is 0. The fourth-order valence-electron chi connectivity index (χ4n) is 1.77. The summed E-state index contributed by atoms with van der Waals surface area (Å²) in [6.07, 6.45) is 5.49. The second-order valence-electron chi connectivity index (χ2n) is 4.77. The molecule has 0 bridgehead atoms. The molecule has 0 heterocycles. The zero-order valence-corrected chi connectivity index (χ0v) is 11.2. The molecular weight excluding hydrogens is 220 g/mol. The van der Waals surface area contributed by atoms with Gasteiger partial charge in [-0.2, -0.15) is 11.8 Å². The number of nitrogens with one attached hydrogen (secondary N) is 1. The third-order valence-corrected chi connectivity index (χ3v) is 4.05. The Balaban J connectivity index is 2.23. The number of unbranched alkanes of at least 4 members (excludes halogenated alkanes) is 1. The van der Waals surface area contributed by atoms with E-state index in [0.717, 1.165) is 12.8 Å². The van der Waals surface area contributed by atoms with Gasteiger partial charge in [0.15, 0.2) is 0 Å². The predicted molar refractivity (Wildman–Crippen MR) is 70.6 cm³/mol. The molecule has 3 nitrogen and oxygen atoms in total. The van der Waals surface area contributed by atoms with Crippen LogP contribution in [0.5, 0.6) is 0 Å². The van der Waals surface area contributed by atoms with Crippen LogP contribution in [0.4, 0.5) is 0 Å². The van der Waals surface area contributed by atoms with Gasteiger partial charge in [0.1, 0.15) is 0 Å². The molecule has 0 aromatic rings. The van der Waals surface area contributed by atoms with Crippen LogP contribution in [-0.2, 0) is 4.79 Å². The Hall–Kier alpha value is -0.220. The molecule has 1 atom stereocenters. The number of hydrogen-bond donors (Lipinski definition) is 2. The molecule has 0 aromatic heterocycles. The van der Waals surface area contributed by atoms with Crippen molar-refractivity contribution in [1.82, 2.24) is 5.32 Å². The molecule has 1 amide bonds. The van der Waals surface area contributed by atoms with E-state index >= 15 is 0 Å². The minimum Gasteiger partial charge on any atom is -0.368 e. The highest BCUT2D eigenvalue weighted by atomic mass is 32.2. The number of thioether (sulfide) groups is 1. The van der Waals surface area contributed by atoms with E-state index in [9.17, 15) is 4.79 Å². The Morgan fingerprint density at radius 1 is 1.50 bits per heavy atom. The quantitative estimate of drug-likeness (QED) is 0.609. The minimum atomic E-state index is -0.488. The average molecular weight is 244 g/mol. The lowest BCUT2D eigenvalue weighted by atomic mass is 9.94. The summed E-state index contributed by atoms with van der Waals surface area (Å²) in [5, 5.41) is 3.38. The normalized spacial score (nSPS) is 19.4. The van der Waals surface area contributed by atoms with Gasteiger partial charge in [0, 0.05) is 6.04 Å². The standard InChI is InChI=1S/C12H24N2OS/c1-3-16-9-5-4-8-12(2,11(13)15)14-10-6-7-10/h10,14H,3-9H2,1-2H3,(H2,13,15). The number of carbonyl (C=O) groups is 1. The predicted octanol–water partition coefficient (Wildman–Crippen LogP) is 1.91. The molecule has 1 fully saturated rings. The summed E-state index contributed by atoms with van der Waals surface area (Å²) >= 11 is 1.96. The Labute approximate surface area is 103 Å². The molecule has 0 aliphatic heterocycles. The van der Waals surface area contributed by atoms with Crippen molar-refractivity contribution in [2.75, 3.05) is 11.5 Å². The maximum absolute atomic E-state index is 11.5. The van der Waals surface area contributed by atoms with E-state index < -0.39 is 5.54 Å². The van der Waals surface area contributed by atoms with Crippen molar-refractivity contribution in [3.63, 3.8) is 0 Å². The highest BCUT2D eigenvalue weighted by molar-refractivity contribution is 7.99. The third-order valence-electron chi connectivity index (χ3n) is 3.06. The summed E-state index contributed by atoms with van der Waals surface area (Å²) in [6.45, 7) is 4.12. The molecule has 1 aliphatic rings. The molecule has 3 N–H and O–H groups in total.